The van der Waals surface area contributed by atoms with E-state index >= 15 is 0 Å². The Morgan fingerprint density at radius 3 is 2.73 bits per heavy atom. The Hall–Kier alpha value is -2.71. The minimum atomic E-state index is -1.08. The standard InChI is InChI=1S/C17H15FN2O2/c1-20(15-7-2-4-12(8-15)11-19)17(22)10-16(21)13-5-3-6-14(18)9-13/h2-9,16,21H,10H2,1H3. The summed E-state index contributed by atoms with van der Waals surface area (Å²) >= 11 is 0. The number of carbonyl (C=O) groups is 1. The van der Waals surface area contributed by atoms with Gasteiger partial charge >= 0.3 is 0 Å². The van der Waals surface area contributed by atoms with E-state index in [4.69, 9.17) is 5.26 Å². The number of halogens is 1. The molecule has 0 saturated carbocycles. The summed E-state index contributed by atoms with van der Waals surface area (Å²) in [5.41, 5.74) is 1.37. The number of hydrogen-bond acceptors (Lipinski definition) is 3. The Labute approximate surface area is 128 Å². The number of rotatable bonds is 4. The van der Waals surface area contributed by atoms with Crippen LogP contribution in [-0.4, -0.2) is 18.1 Å². The predicted molar refractivity (Wildman–Crippen MR) is 80.5 cm³/mol. The third kappa shape index (κ3) is 3.68. The summed E-state index contributed by atoms with van der Waals surface area (Å²) in [6.07, 6.45) is -1.25. The molecule has 0 aliphatic rings. The Balaban J connectivity index is 2.09. The number of nitriles is 1. The van der Waals surface area contributed by atoms with E-state index in [1.807, 2.05) is 6.07 Å². The van der Waals surface area contributed by atoms with Crippen molar-refractivity contribution in [1.29, 1.82) is 5.26 Å². The van der Waals surface area contributed by atoms with Gasteiger partial charge in [-0.1, -0.05) is 18.2 Å². The van der Waals surface area contributed by atoms with Crippen LogP contribution in [0.5, 0.6) is 0 Å². The fourth-order valence-corrected chi connectivity index (χ4v) is 2.06. The van der Waals surface area contributed by atoms with Crippen molar-refractivity contribution in [3.63, 3.8) is 0 Å². The largest absolute Gasteiger partial charge is 0.388 e. The lowest BCUT2D eigenvalue weighted by Crippen LogP contribution is -2.27. The van der Waals surface area contributed by atoms with Crippen molar-refractivity contribution in [2.24, 2.45) is 0 Å². The van der Waals surface area contributed by atoms with Gasteiger partial charge in [-0.3, -0.25) is 4.79 Å². The molecule has 0 aromatic heterocycles. The number of hydrogen-bond donors (Lipinski definition) is 1. The molecule has 2 aromatic carbocycles. The molecular weight excluding hydrogens is 283 g/mol. The van der Waals surface area contributed by atoms with Gasteiger partial charge in [0.25, 0.3) is 0 Å². The normalized spacial score (nSPS) is 11.5. The highest BCUT2D eigenvalue weighted by atomic mass is 19.1. The first-order chi connectivity index (χ1) is 10.5. The number of benzene rings is 2. The molecule has 1 atom stereocenters. The zero-order chi connectivity index (χ0) is 16.1. The maximum Gasteiger partial charge on any atom is 0.229 e. The van der Waals surface area contributed by atoms with Gasteiger partial charge in [-0.25, -0.2) is 4.39 Å². The molecule has 0 aliphatic carbocycles. The van der Waals surface area contributed by atoms with E-state index in [2.05, 4.69) is 0 Å². The summed E-state index contributed by atoms with van der Waals surface area (Å²) in [6.45, 7) is 0. The first kappa shape index (κ1) is 15.7. The number of aliphatic hydroxyl groups is 1. The molecule has 1 N–H and O–H groups in total. The van der Waals surface area contributed by atoms with Crippen LogP contribution in [0, 0.1) is 17.1 Å². The van der Waals surface area contributed by atoms with E-state index in [0.29, 0.717) is 16.8 Å². The molecular formula is C17H15FN2O2. The van der Waals surface area contributed by atoms with E-state index < -0.39 is 11.9 Å². The van der Waals surface area contributed by atoms with Gasteiger partial charge in [-0.15, -0.1) is 0 Å². The van der Waals surface area contributed by atoms with Crippen LogP contribution in [0.15, 0.2) is 48.5 Å². The van der Waals surface area contributed by atoms with Crippen molar-refractivity contribution in [3.05, 3.63) is 65.5 Å². The summed E-state index contributed by atoms with van der Waals surface area (Å²) in [5.74, 6) is -0.786. The highest BCUT2D eigenvalue weighted by Gasteiger charge is 2.18. The Morgan fingerprint density at radius 2 is 2.05 bits per heavy atom. The van der Waals surface area contributed by atoms with Crippen molar-refractivity contribution < 1.29 is 14.3 Å². The molecule has 112 valence electrons. The SMILES string of the molecule is CN(C(=O)CC(O)c1cccc(F)c1)c1cccc(C#N)c1. The minimum Gasteiger partial charge on any atom is -0.388 e. The van der Waals surface area contributed by atoms with Gasteiger partial charge in [-0.05, 0) is 35.9 Å². The average molecular weight is 298 g/mol. The molecule has 4 nitrogen and oxygen atoms in total. The van der Waals surface area contributed by atoms with E-state index in [0.717, 1.165) is 0 Å². The maximum absolute atomic E-state index is 13.1. The number of aliphatic hydroxyl groups excluding tert-OH is 1. The van der Waals surface area contributed by atoms with Crippen LogP contribution in [-0.2, 0) is 4.79 Å². The number of anilines is 1. The molecule has 0 spiro atoms. The van der Waals surface area contributed by atoms with Crippen LogP contribution in [0.4, 0.5) is 10.1 Å². The van der Waals surface area contributed by atoms with Gasteiger partial charge in [0.1, 0.15) is 5.82 Å². The second kappa shape index (κ2) is 6.83. The molecule has 2 rings (SSSR count). The van der Waals surface area contributed by atoms with E-state index in [1.54, 1.807) is 37.4 Å². The fraction of sp³-hybridized carbons (Fsp3) is 0.176. The summed E-state index contributed by atoms with van der Waals surface area (Å²) < 4.78 is 13.1. The van der Waals surface area contributed by atoms with Crippen LogP contribution in [0.3, 0.4) is 0 Å². The molecule has 1 amide bonds. The molecule has 0 bridgehead atoms. The third-order valence-corrected chi connectivity index (χ3v) is 3.34. The Bertz CT molecular complexity index is 725. The molecule has 22 heavy (non-hydrogen) atoms. The second-order valence-corrected chi connectivity index (χ2v) is 4.89. The van der Waals surface area contributed by atoms with Gasteiger partial charge in [0.2, 0.25) is 5.91 Å². The molecule has 0 heterocycles. The van der Waals surface area contributed by atoms with Gasteiger partial charge in [0.05, 0.1) is 24.2 Å². The van der Waals surface area contributed by atoms with Crippen molar-refractivity contribution in [1.82, 2.24) is 0 Å². The first-order valence-corrected chi connectivity index (χ1v) is 6.71. The first-order valence-electron chi connectivity index (χ1n) is 6.71. The molecule has 1 unspecified atom stereocenters. The van der Waals surface area contributed by atoms with Crippen molar-refractivity contribution in [2.45, 2.75) is 12.5 Å². The molecule has 0 fully saturated rings. The molecule has 2 aromatic rings. The van der Waals surface area contributed by atoms with Gasteiger partial charge < -0.3 is 10.0 Å². The topological polar surface area (TPSA) is 64.3 Å². The van der Waals surface area contributed by atoms with E-state index in [9.17, 15) is 14.3 Å². The van der Waals surface area contributed by atoms with Crippen LogP contribution < -0.4 is 4.90 Å². The smallest absolute Gasteiger partial charge is 0.229 e. The van der Waals surface area contributed by atoms with E-state index in [-0.39, 0.29) is 12.3 Å². The number of carbonyl (C=O) groups excluding carboxylic acids is 1. The summed E-state index contributed by atoms with van der Waals surface area (Å²) in [7, 11) is 1.57. The monoisotopic (exact) mass is 298 g/mol. The maximum atomic E-state index is 13.1. The molecule has 0 radical (unpaired) electrons. The zero-order valence-electron chi connectivity index (χ0n) is 12.0. The second-order valence-electron chi connectivity index (χ2n) is 4.89. The zero-order valence-corrected chi connectivity index (χ0v) is 12.0. The highest BCUT2D eigenvalue weighted by molar-refractivity contribution is 5.93. The Morgan fingerprint density at radius 1 is 1.32 bits per heavy atom. The summed E-state index contributed by atoms with van der Waals surface area (Å²) in [5, 5.41) is 18.9. The summed E-state index contributed by atoms with van der Waals surface area (Å²) in [6, 6.07) is 14.1. The quantitative estimate of drug-likeness (QED) is 0.944. The van der Waals surface area contributed by atoms with Gasteiger partial charge in [0, 0.05) is 12.7 Å². The molecule has 0 aliphatic heterocycles. The molecule has 0 saturated heterocycles. The molecule has 5 heteroatoms. The Kier molecular flexibility index (Phi) is 4.87. The van der Waals surface area contributed by atoms with Gasteiger partial charge in [-0.2, -0.15) is 5.26 Å². The highest BCUT2D eigenvalue weighted by Crippen LogP contribution is 2.21. The number of amides is 1. The minimum absolute atomic E-state index is 0.170. The predicted octanol–water partition coefficient (Wildman–Crippen LogP) is 2.78. The lowest BCUT2D eigenvalue weighted by Gasteiger charge is -2.19. The number of nitrogens with zero attached hydrogens (tertiary/aromatic N) is 2. The van der Waals surface area contributed by atoms with Gasteiger partial charge in [0.15, 0.2) is 0 Å². The van der Waals surface area contributed by atoms with Crippen molar-refractivity contribution in [3.8, 4) is 6.07 Å². The van der Waals surface area contributed by atoms with Crippen molar-refractivity contribution >= 4 is 11.6 Å². The van der Waals surface area contributed by atoms with Crippen LogP contribution in [0.25, 0.3) is 0 Å². The van der Waals surface area contributed by atoms with Crippen LogP contribution in [0.2, 0.25) is 0 Å². The van der Waals surface area contributed by atoms with E-state index in [1.165, 1.54) is 23.1 Å². The van der Waals surface area contributed by atoms with Crippen molar-refractivity contribution in [2.75, 3.05) is 11.9 Å². The van der Waals surface area contributed by atoms with Crippen LogP contribution in [0.1, 0.15) is 23.7 Å². The van der Waals surface area contributed by atoms with Crippen LogP contribution >= 0.6 is 0 Å². The fourth-order valence-electron chi connectivity index (χ4n) is 2.06. The lowest BCUT2D eigenvalue weighted by atomic mass is 10.1. The lowest BCUT2D eigenvalue weighted by molar-refractivity contribution is -0.120. The summed E-state index contributed by atoms with van der Waals surface area (Å²) in [4.78, 5) is 13.6. The third-order valence-electron chi connectivity index (χ3n) is 3.34. The average Bonchev–Trinajstić information content (AvgIpc) is 2.54.